The monoisotopic (exact) mass is 295 g/mol. The summed E-state index contributed by atoms with van der Waals surface area (Å²) in [6, 6.07) is 5.64. The molecule has 1 saturated heterocycles. The van der Waals surface area contributed by atoms with Crippen molar-refractivity contribution in [3.63, 3.8) is 0 Å². The van der Waals surface area contributed by atoms with Gasteiger partial charge in [-0.15, -0.1) is 9.24 Å². The van der Waals surface area contributed by atoms with Gasteiger partial charge in [0.15, 0.2) is 0 Å². The van der Waals surface area contributed by atoms with Gasteiger partial charge in [0, 0.05) is 41.0 Å². The van der Waals surface area contributed by atoms with Crippen LogP contribution in [0, 0.1) is 5.92 Å². The maximum absolute atomic E-state index is 6.15. The van der Waals surface area contributed by atoms with Crippen LogP contribution in [-0.2, 0) is 0 Å². The van der Waals surface area contributed by atoms with E-state index in [-0.39, 0.29) is 0 Å². The average molecular weight is 296 g/mol. The van der Waals surface area contributed by atoms with E-state index in [4.69, 9.17) is 23.1 Å². The van der Waals surface area contributed by atoms with E-state index in [2.05, 4.69) is 14.6 Å². The molecule has 0 radical (unpaired) electrons. The minimum atomic E-state index is 0.430. The van der Waals surface area contributed by atoms with Crippen molar-refractivity contribution in [2.45, 2.75) is 6.92 Å². The predicted molar refractivity (Wildman–Crippen MR) is 86.2 cm³/mol. The number of hydrogen-bond acceptors (Lipinski definition) is 3. The van der Waals surface area contributed by atoms with Crippen LogP contribution in [0.15, 0.2) is 35.5 Å². The quantitative estimate of drug-likeness (QED) is 0.586. The molecule has 0 bridgehead atoms. The molecule has 0 saturated carbocycles. The summed E-state index contributed by atoms with van der Waals surface area (Å²) < 4.78 is 0. The van der Waals surface area contributed by atoms with Crippen molar-refractivity contribution < 1.29 is 0 Å². The van der Waals surface area contributed by atoms with Gasteiger partial charge in [0.2, 0.25) is 0 Å². The molecular formula is C14H19ClN3P. The Morgan fingerprint density at radius 3 is 2.68 bits per heavy atom. The molecule has 0 amide bonds. The zero-order valence-corrected chi connectivity index (χ0v) is 12.8. The Bertz CT molecular complexity index is 548. The molecule has 5 heteroatoms. The molecule has 2 rings (SSSR count). The normalized spacial score (nSPS) is 17.9. The Hall–Kier alpha value is -1.02. The second-order valence-corrected chi connectivity index (χ2v) is 5.88. The van der Waals surface area contributed by atoms with Gasteiger partial charge in [-0.05, 0) is 36.0 Å². The summed E-state index contributed by atoms with van der Waals surface area (Å²) in [5, 5.41) is 4.91. The third-order valence-corrected chi connectivity index (χ3v) is 4.11. The van der Waals surface area contributed by atoms with Crippen LogP contribution < -0.4 is 22.1 Å². The largest absolute Gasteiger partial charge is 0.402 e. The Morgan fingerprint density at radius 2 is 2.11 bits per heavy atom. The van der Waals surface area contributed by atoms with Gasteiger partial charge in [-0.1, -0.05) is 17.7 Å². The molecule has 5 N–H and O–H groups in total. The number of rotatable bonds is 3. The van der Waals surface area contributed by atoms with Gasteiger partial charge in [-0.25, -0.2) is 0 Å². The predicted octanol–water partition coefficient (Wildman–Crippen LogP) is 1.59. The molecule has 0 spiro atoms. The fourth-order valence-corrected chi connectivity index (χ4v) is 2.52. The fraction of sp³-hybridized carbons (Fsp3) is 0.286. The molecule has 1 fully saturated rings. The molecule has 0 aromatic heterocycles. The van der Waals surface area contributed by atoms with E-state index >= 15 is 0 Å². The molecule has 1 aromatic carbocycles. The third kappa shape index (κ3) is 3.30. The molecule has 1 aliphatic heterocycles. The van der Waals surface area contributed by atoms with Crippen LogP contribution in [0.2, 0.25) is 5.02 Å². The summed E-state index contributed by atoms with van der Waals surface area (Å²) in [5.41, 5.74) is 15.8. The Morgan fingerprint density at radius 1 is 1.42 bits per heavy atom. The molecule has 1 atom stereocenters. The summed E-state index contributed by atoms with van der Waals surface area (Å²) in [7, 11) is 2.67. The SMILES string of the molecule is CC(/C=C(\N)c1cc(Cl)ccc1P)=C(/N)C1CNC1. The van der Waals surface area contributed by atoms with Gasteiger partial charge in [-0.3, -0.25) is 0 Å². The number of hydrogen-bond donors (Lipinski definition) is 3. The van der Waals surface area contributed by atoms with Gasteiger partial charge in [0.05, 0.1) is 0 Å². The number of halogens is 1. The highest BCUT2D eigenvalue weighted by atomic mass is 35.5. The summed E-state index contributed by atoms with van der Waals surface area (Å²) in [5.74, 6) is 0.430. The van der Waals surface area contributed by atoms with E-state index in [1.165, 1.54) is 0 Å². The van der Waals surface area contributed by atoms with Gasteiger partial charge in [0.1, 0.15) is 0 Å². The highest BCUT2D eigenvalue weighted by molar-refractivity contribution is 7.27. The average Bonchev–Trinajstić information content (AvgIpc) is 2.29. The highest BCUT2D eigenvalue weighted by Crippen LogP contribution is 2.20. The lowest BCUT2D eigenvalue weighted by molar-refractivity contribution is 0.394. The molecule has 1 unspecified atom stereocenters. The van der Waals surface area contributed by atoms with Crippen LogP contribution in [0.5, 0.6) is 0 Å². The van der Waals surface area contributed by atoms with E-state index in [0.29, 0.717) is 16.6 Å². The van der Waals surface area contributed by atoms with Crippen molar-refractivity contribution in [2.24, 2.45) is 17.4 Å². The van der Waals surface area contributed by atoms with Crippen molar-refractivity contribution in [3.05, 3.63) is 46.1 Å². The first-order valence-corrected chi connectivity index (χ1v) is 7.14. The van der Waals surface area contributed by atoms with Gasteiger partial charge < -0.3 is 16.8 Å². The molecule has 1 heterocycles. The fourth-order valence-electron chi connectivity index (χ4n) is 2.00. The van der Waals surface area contributed by atoms with E-state index < -0.39 is 0 Å². The molecule has 102 valence electrons. The summed E-state index contributed by atoms with van der Waals surface area (Å²) >= 11 is 6.01. The van der Waals surface area contributed by atoms with Crippen LogP contribution in [0.4, 0.5) is 0 Å². The van der Waals surface area contributed by atoms with E-state index in [1.807, 2.05) is 31.2 Å². The smallest absolute Gasteiger partial charge is 0.0413 e. The topological polar surface area (TPSA) is 64.1 Å². The summed E-state index contributed by atoms with van der Waals surface area (Å²) in [4.78, 5) is 0. The lowest BCUT2D eigenvalue weighted by atomic mass is 9.95. The van der Waals surface area contributed by atoms with E-state index in [1.54, 1.807) is 0 Å². The minimum absolute atomic E-state index is 0.430. The van der Waals surface area contributed by atoms with Crippen LogP contribution in [0.25, 0.3) is 5.70 Å². The molecular weight excluding hydrogens is 277 g/mol. The second kappa shape index (κ2) is 5.96. The number of allylic oxidation sites excluding steroid dienone is 2. The van der Waals surface area contributed by atoms with Crippen LogP contribution in [-0.4, -0.2) is 13.1 Å². The Kier molecular flexibility index (Phi) is 4.51. The maximum atomic E-state index is 6.15. The number of benzene rings is 1. The minimum Gasteiger partial charge on any atom is -0.402 e. The van der Waals surface area contributed by atoms with Gasteiger partial charge in [-0.2, -0.15) is 0 Å². The standard InChI is InChI=1S/C14H19ClN3P/c1-8(14(17)9-6-18-7-9)4-12(16)11-5-10(15)2-3-13(11)19/h2-5,9,18H,6-7,16-17,19H2,1H3/b12-4-,14-8-. The van der Waals surface area contributed by atoms with Crippen molar-refractivity contribution in [2.75, 3.05) is 13.1 Å². The molecule has 1 aliphatic rings. The van der Waals surface area contributed by atoms with Crippen LogP contribution in [0.3, 0.4) is 0 Å². The molecule has 3 nitrogen and oxygen atoms in total. The van der Waals surface area contributed by atoms with Gasteiger partial charge in [0.25, 0.3) is 0 Å². The van der Waals surface area contributed by atoms with Gasteiger partial charge >= 0.3 is 0 Å². The zero-order valence-electron chi connectivity index (χ0n) is 10.9. The molecule has 19 heavy (non-hydrogen) atoms. The third-order valence-electron chi connectivity index (χ3n) is 3.37. The summed E-state index contributed by atoms with van der Waals surface area (Å²) in [6.07, 6.45) is 1.92. The van der Waals surface area contributed by atoms with Crippen molar-refractivity contribution in [1.82, 2.24) is 5.32 Å². The van der Waals surface area contributed by atoms with E-state index in [9.17, 15) is 0 Å². The Balaban J connectivity index is 2.29. The maximum Gasteiger partial charge on any atom is 0.0413 e. The van der Waals surface area contributed by atoms with Crippen molar-refractivity contribution in [3.8, 4) is 0 Å². The van der Waals surface area contributed by atoms with Crippen LogP contribution in [0.1, 0.15) is 12.5 Å². The summed E-state index contributed by atoms with van der Waals surface area (Å²) in [6.45, 7) is 3.89. The van der Waals surface area contributed by atoms with Crippen molar-refractivity contribution >= 4 is 31.8 Å². The second-order valence-electron chi connectivity index (χ2n) is 4.82. The number of nitrogens with two attached hydrogens (primary N) is 2. The number of nitrogens with one attached hydrogen (secondary N) is 1. The lowest BCUT2D eigenvalue weighted by Gasteiger charge is -2.28. The first kappa shape index (κ1) is 14.4. The first-order chi connectivity index (χ1) is 8.99. The lowest BCUT2D eigenvalue weighted by Crippen LogP contribution is -2.45. The Labute approximate surface area is 121 Å². The van der Waals surface area contributed by atoms with Crippen LogP contribution >= 0.6 is 20.8 Å². The first-order valence-electron chi connectivity index (χ1n) is 6.18. The van der Waals surface area contributed by atoms with Crippen molar-refractivity contribution in [1.29, 1.82) is 0 Å². The highest BCUT2D eigenvalue weighted by Gasteiger charge is 2.20. The van der Waals surface area contributed by atoms with E-state index in [0.717, 1.165) is 35.2 Å². The molecule has 1 aromatic rings. The zero-order chi connectivity index (χ0) is 14.0. The molecule has 0 aliphatic carbocycles.